The second-order valence-corrected chi connectivity index (χ2v) is 6.74. The fraction of sp³-hybridized carbons (Fsp3) is 0.348. The first-order valence-electron chi connectivity index (χ1n) is 9.40. The van der Waals surface area contributed by atoms with Crippen molar-refractivity contribution in [2.75, 3.05) is 27.3 Å². The van der Waals surface area contributed by atoms with Gasteiger partial charge in [-0.2, -0.15) is 0 Å². The van der Waals surface area contributed by atoms with Crippen LogP contribution in [0.3, 0.4) is 0 Å². The van der Waals surface area contributed by atoms with Crippen molar-refractivity contribution in [2.45, 2.75) is 27.7 Å². The average molecular weight is 402 g/mol. The first-order chi connectivity index (χ1) is 13.0. The zero-order valence-electron chi connectivity index (χ0n) is 17.4. The summed E-state index contributed by atoms with van der Waals surface area (Å²) in [6.45, 7) is 9.11. The van der Waals surface area contributed by atoms with Crippen LogP contribution in [0.5, 0.6) is 0 Å². The highest BCUT2D eigenvalue weighted by Crippen LogP contribution is 2.39. The third kappa shape index (κ3) is 4.17. The van der Waals surface area contributed by atoms with Crippen LogP contribution >= 0.6 is 0 Å². The summed E-state index contributed by atoms with van der Waals surface area (Å²) in [5.74, 6) is 3.33. The number of halogens is 1. The van der Waals surface area contributed by atoms with Crippen molar-refractivity contribution in [3.63, 3.8) is 0 Å². The molecular formula is C23H28ClNO3. The van der Waals surface area contributed by atoms with Gasteiger partial charge in [-0.3, -0.25) is 0 Å². The minimum Gasteiger partial charge on any atom is -1.00 e. The summed E-state index contributed by atoms with van der Waals surface area (Å²) in [6.07, 6.45) is 12.7. The maximum Gasteiger partial charge on any atom is 0.199 e. The monoisotopic (exact) mass is 401 g/mol. The third-order valence-corrected chi connectivity index (χ3v) is 4.64. The molecule has 0 saturated carbocycles. The summed E-state index contributed by atoms with van der Waals surface area (Å²) in [4.78, 5) is 0. The van der Waals surface area contributed by atoms with Crippen molar-refractivity contribution < 1.29 is 30.9 Å². The number of furan rings is 1. The molecule has 0 atom stereocenters. The van der Waals surface area contributed by atoms with Gasteiger partial charge in [-0.05, 0) is 63.1 Å². The van der Waals surface area contributed by atoms with Gasteiger partial charge in [0.15, 0.2) is 5.71 Å². The third-order valence-electron chi connectivity index (χ3n) is 4.64. The zero-order valence-corrected chi connectivity index (χ0v) is 18.2. The quantitative estimate of drug-likeness (QED) is 0.722. The number of nitrogens with zero attached hydrogens (tertiary/aromatic N) is 1. The van der Waals surface area contributed by atoms with E-state index >= 15 is 0 Å². The van der Waals surface area contributed by atoms with Gasteiger partial charge in [-0.1, -0.05) is 0 Å². The van der Waals surface area contributed by atoms with Crippen LogP contribution in [-0.2, 0) is 9.47 Å². The Balaban J connectivity index is 0.00000280. The Kier molecular flexibility index (Phi) is 7.14. The number of fused-ring (bicyclic) bond motifs is 1. The second-order valence-electron chi connectivity index (χ2n) is 6.74. The molecule has 0 bridgehead atoms. The Bertz CT molecular complexity index is 871. The first-order valence-corrected chi connectivity index (χ1v) is 9.40. The van der Waals surface area contributed by atoms with E-state index in [-0.39, 0.29) is 12.4 Å². The molecule has 28 heavy (non-hydrogen) atoms. The highest BCUT2D eigenvalue weighted by atomic mass is 35.5. The van der Waals surface area contributed by atoms with Gasteiger partial charge in [0.25, 0.3) is 0 Å². The van der Waals surface area contributed by atoms with E-state index in [1.807, 2.05) is 41.8 Å². The normalized spacial score (nSPS) is 15.4. The topological polar surface area (TPSA) is 34.6 Å². The van der Waals surface area contributed by atoms with E-state index in [9.17, 15) is 0 Å². The molecule has 0 amide bonds. The van der Waals surface area contributed by atoms with Crippen LogP contribution in [0, 0.1) is 13.8 Å². The lowest BCUT2D eigenvalue weighted by Crippen LogP contribution is -3.00. The van der Waals surface area contributed by atoms with Gasteiger partial charge < -0.3 is 26.3 Å². The van der Waals surface area contributed by atoms with Crippen molar-refractivity contribution in [3.05, 3.63) is 70.2 Å². The number of rotatable bonds is 4. The van der Waals surface area contributed by atoms with Crippen LogP contribution in [0.15, 0.2) is 52.0 Å². The highest BCUT2D eigenvalue weighted by Gasteiger charge is 2.26. The van der Waals surface area contributed by atoms with Gasteiger partial charge in [0.2, 0.25) is 0 Å². The lowest BCUT2D eigenvalue weighted by Gasteiger charge is -2.10. The van der Waals surface area contributed by atoms with E-state index in [0.29, 0.717) is 13.2 Å². The maximum atomic E-state index is 6.01. The molecule has 0 aromatic carbocycles. The van der Waals surface area contributed by atoms with Crippen molar-refractivity contribution in [3.8, 4) is 0 Å². The molecule has 0 unspecified atom stereocenters. The minimum atomic E-state index is 0. The number of allylic oxidation sites excluding steroid dienone is 8. The smallest absolute Gasteiger partial charge is 0.199 e. The van der Waals surface area contributed by atoms with Crippen LogP contribution in [0.4, 0.5) is 0 Å². The van der Waals surface area contributed by atoms with Gasteiger partial charge in [0, 0.05) is 12.2 Å². The van der Waals surface area contributed by atoms with Crippen LogP contribution in [0.25, 0.3) is 11.5 Å². The van der Waals surface area contributed by atoms with Gasteiger partial charge >= 0.3 is 0 Å². The molecule has 1 heterocycles. The molecule has 1 aromatic heterocycles. The molecule has 0 spiro atoms. The van der Waals surface area contributed by atoms with E-state index in [1.54, 1.807) is 0 Å². The molecule has 0 fully saturated rings. The van der Waals surface area contributed by atoms with Gasteiger partial charge in [-0.25, -0.2) is 4.58 Å². The van der Waals surface area contributed by atoms with Crippen molar-refractivity contribution >= 4 is 17.2 Å². The molecule has 2 aliphatic rings. The Hall–Kier alpha value is -2.46. The number of aryl methyl sites for hydroxylation is 2. The lowest BCUT2D eigenvalue weighted by molar-refractivity contribution is -0.462. The molecule has 3 rings (SSSR count). The van der Waals surface area contributed by atoms with E-state index in [4.69, 9.17) is 13.9 Å². The zero-order chi connectivity index (χ0) is 19.6. The molecule has 2 aliphatic carbocycles. The van der Waals surface area contributed by atoms with Crippen molar-refractivity contribution in [1.29, 1.82) is 0 Å². The maximum absolute atomic E-state index is 6.01. The van der Waals surface area contributed by atoms with Crippen molar-refractivity contribution in [1.82, 2.24) is 0 Å². The fourth-order valence-corrected chi connectivity index (χ4v) is 3.40. The van der Waals surface area contributed by atoms with Gasteiger partial charge in [-0.15, -0.1) is 0 Å². The highest BCUT2D eigenvalue weighted by molar-refractivity contribution is 6.02. The summed E-state index contributed by atoms with van der Waals surface area (Å²) in [6, 6.07) is 0. The van der Waals surface area contributed by atoms with E-state index < -0.39 is 0 Å². The SMILES string of the molecule is CCOC1=CC(=C2C=CC(=[N+](C)C)C=C2)C=C(OCC)c2c(C)oc(C)c21.[Cl-]. The molecular weight excluding hydrogens is 374 g/mol. The Morgan fingerprint density at radius 1 is 0.786 bits per heavy atom. The van der Waals surface area contributed by atoms with Crippen LogP contribution < -0.4 is 12.4 Å². The molecule has 0 saturated heterocycles. The summed E-state index contributed by atoms with van der Waals surface area (Å²) in [7, 11) is 4.08. The minimum absolute atomic E-state index is 0. The number of ether oxygens (including phenoxy) is 2. The standard InChI is InChI=1S/C23H28NO3.ClH/c1-7-25-20-13-18(17-9-11-19(12-10-17)24(5)6)14-21(26-8-2)23-16(4)27-15(3)22(20)23;/h9-14H,7-8H2,1-6H3;1H/q+1;/p-1. The molecule has 0 N–H and O–H groups in total. The van der Waals surface area contributed by atoms with Crippen molar-refractivity contribution in [2.24, 2.45) is 0 Å². The molecule has 150 valence electrons. The predicted octanol–water partition coefficient (Wildman–Crippen LogP) is 1.80. The van der Waals surface area contributed by atoms with Crippen LogP contribution in [0.2, 0.25) is 0 Å². The predicted molar refractivity (Wildman–Crippen MR) is 110 cm³/mol. The largest absolute Gasteiger partial charge is 1.00 e. The Morgan fingerprint density at radius 3 is 1.64 bits per heavy atom. The number of hydrogen-bond acceptors (Lipinski definition) is 3. The number of hydrogen-bond donors (Lipinski definition) is 0. The van der Waals surface area contributed by atoms with Crippen LogP contribution in [-0.4, -0.2) is 37.6 Å². The first kappa shape index (κ1) is 21.8. The molecule has 4 nitrogen and oxygen atoms in total. The average Bonchev–Trinajstić information content (AvgIpc) is 2.83. The summed E-state index contributed by atoms with van der Waals surface area (Å²) in [5, 5.41) is 0. The Morgan fingerprint density at radius 2 is 1.25 bits per heavy atom. The molecule has 5 heteroatoms. The van der Waals surface area contributed by atoms with Crippen LogP contribution in [0.1, 0.15) is 36.5 Å². The Labute approximate surface area is 173 Å². The molecule has 0 aliphatic heterocycles. The summed E-state index contributed by atoms with van der Waals surface area (Å²) in [5.41, 5.74) is 5.30. The summed E-state index contributed by atoms with van der Waals surface area (Å²) < 4.78 is 20.0. The molecule has 1 aromatic rings. The van der Waals surface area contributed by atoms with E-state index in [0.717, 1.165) is 45.3 Å². The molecule has 0 radical (unpaired) electrons. The van der Waals surface area contributed by atoms with E-state index in [1.165, 1.54) is 5.71 Å². The van der Waals surface area contributed by atoms with E-state index in [2.05, 4.69) is 41.0 Å². The lowest BCUT2D eigenvalue weighted by atomic mass is 10.0. The second kappa shape index (κ2) is 9.16. The fourth-order valence-electron chi connectivity index (χ4n) is 3.40. The van der Waals surface area contributed by atoms with Gasteiger partial charge in [0.1, 0.15) is 37.1 Å². The van der Waals surface area contributed by atoms with Gasteiger partial charge in [0.05, 0.1) is 24.3 Å². The summed E-state index contributed by atoms with van der Waals surface area (Å²) >= 11 is 0.